The Morgan fingerprint density at radius 3 is 2.45 bits per heavy atom. The SMILES string of the molecule is Cc1cc(C)nc(Sc2ccc(NC(=O)CSc3nncn3-c3ccc(C)c(Cl)c3)cc2)n1. The highest BCUT2D eigenvalue weighted by molar-refractivity contribution is 7.99. The predicted molar refractivity (Wildman–Crippen MR) is 133 cm³/mol. The third-order valence-electron chi connectivity index (χ3n) is 4.59. The van der Waals surface area contributed by atoms with Gasteiger partial charge in [-0.25, -0.2) is 9.97 Å². The van der Waals surface area contributed by atoms with E-state index >= 15 is 0 Å². The average molecular weight is 497 g/mol. The minimum Gasteiger partial charge on any atom is -0.325 e. The van der Waals surface area contributed by atoms with Gasteiger partial charge in [-0.2, -0.15) is 0 Å². The average Bonchev–Trinajstić information content (AvgIpc) is 3.24. The van der Waals surface area contributed by atoms with Gasteiger partial charge in [0.1, 0.15) is 6.33 Å². The van der Waals surface area contributed by atoms with E-state index < -0.39 is 0 Å². The van der Waals surface area contributed by atoms with Crippen LogP contribution in [-0.4, -0.2) is 36.4 Å². The molecule has 0 saturated carbocycles. The molecule has 0 aliphatic carbocycles. The number of rotatable bonds is 7. The summed E-state index contributed by atoms with van der Waals surface area (Å²) in [5.74, 6) is 0.0695. The van der Waals surface area contributed by atoms with Crippen molar-refractivity contribution in [2.45, 2.75) is 36.0 Å². The van der Waals surface area contributed by atoms with Crippen LogP contribution < -0.4 is 5.32 Å². The third-order valence-corrected chi connectivity index (χ3v) is 6.81. The number of halogens is 1. The summed E-state index contributed by atoms with van der Waals surface area (Å²) >= 11 is 9.03. The van der Waals surface area contributed by atoms with E-state index in [2.05, 4.69) is 25.5 Å². The first-order valence-electron chi connectivity index (χ1n) is 10.1. The molecular weight excluding hydrogens is 476 g/mol. The lowest BCUT2D eigenvalue weighted by Crippen LogP contribution is -2.14. The maximum absolute atomic E-state index is 12.5. The second-order valence-electron chi connectivity index (χ2n) is 7.31. The van der Waals surface area contributed by atoms with Crippen molar-refractivity contribution in [3.8, 4) is 5.69 Å². The Kier molecular flexibility index (Phi) is 7.32. The summed E-state index contributed by atoms with van der Waals surface area (Å²) in [6, 6.07) is 15.3. The summed E-state index contributed by atoms with van der Waals surface area (Å²) < 4.78 is 1.81. The molecule has 2 heterocycles. The first kappa shape index (κ1) is 23.3. The number of nitrogens with one attached hydrogen (secondary N) is 1. The number of carbonyl (C=O) groups excluding carboxylic acids is 1. The Bertz CT molecular complexity index is 1270. The third kappa shape index (κ3) is 6.13. The lowest BCUT2D eigenvalue weighted by Gasteiger charge is -2.09. The van der Waals surface area contributed by atoms with Crippen molar-refractivity contribution in [1.29, 1.82) is 0 Å². The summed E-state index contributed by atoms with van der Waals surface area (Å²) in [7, 11) is 0. The molecule has 2 aromatic carbocycles. The highest BCUT2D eigenvalue weighted by Gasteiger charge is 2.12. The van der Waals surface area contributed by atoms with Gasteiger partial charge in [0.15, 0.2) is 10.3 Å². The Balaban J connectivity index is 1.34. The van der Waals surface area contributed by atoms with Crippen LogP contribution in [0.5, 0.6) is 0 Å². The molecule has 0 radical (unpaired) electrons. The fraction of sp³-hybridized carbons (Fsp3) is 0.174. The lowest BCUT2D eigenvalue weighted by atomic mass is 10.2. The van der Waals surface area contributed by atoms with E-state index in [0.717, 1.165) is 33.2 Å². The molecule has 2 aromatic heterocycles. The monoisotopic (exact) mass is 496 g/mol. The Morgan fingerprint density at radius 2 is 1.76 bits per heavy atom. The number of thioether (sulfide) groups is 1. The molecule has 7 nitrogen and oxygen atoms in total. The predicted octanol–water partition coefficient (Wildman–Crippen LogP) is 5.52. The van der Waals surface area contributed by atoms with Crippen molar-refractivity contribution < 1.29 is 4.79 Å². The van der Waals surface area contributed by atoms with Gasteiger partial charge in [-0.15, -0.1) is 10.2 Å². The number of benzene rings is 2. The normalized spacial score (nSPS) is 10.9. The van der Waals surface area contributed by atoms with Crippen LogP contribution in [0.25, 0.3) is 5.69 Å². The number of anilines is 1. The first-order chi connectivity index (χ1) is 15.9. The highest BCUT2D eigenvalue weighted by atomic mass is 35.5. The van der Waals surface area contributed by atoms with Gasteiger partial charge in [0, 0.05) is 27.0 Å². The van der Waals surface area contributed by atoms with Gasteiger partial charge in [0.25, 0.3) is 0 Å². The summed E-state index contributed by atoms with van der Waals surface area (Å²) in [5.41, 5.74) is 4.44. The Morgan fingerprint density at radius 1 is 1.03 bits per heavy atom. The van der Waals surface area contributed by atoms with Crippen molar-refractivity contribution in [3.05, 3.63) is 76.8 Å². The molecule has 168 valence electrons. The van der Waals surface area contributed by atoms with E-state index in [-0.39, 0.29) is 11.7 Å². The molecule has 0 saturated heterocycles. The summed E-state index contributed by atoms with van der Waals surface area (Å²) in [6.07, 6.45) is 1.61. The molecule has 0 bridgehead atoms. The number of nitrogens with zero attached hydrogens (tertiary/aromatic N) is 5. The minimum absolute atomic E-state index is 0.130. The van der Waals surface area contributed by atoms with Crippen LogP contribution >= 0.6 is 35.1 Å². The zero-order valence-corrected chi connectivity index (χ0v) is 20.6. The summed E-state index contributed by atoms with van der Waals surface area (Å²) in [5, 5.41) is 13.0. The van der Waals surface area contributed by atoms with Gasteiger partial charge < -0.3 is 5.32 Å². The topological polar surface area (TPSA) is 85.6 Å². The molecule has 0 unspecified atom stereocenters. The van der Waals surface area contributed by atoms with Crippen molar-refractivity contribution in [2.75, 3.05) is 11.1 Å². The minimum atomic E-state index is -0.130. The molecule has 0 aliphatic heterocycles. The molecule has 0 aliphatic rings. The standard InChI is InChI=1S/C23H21ClN6OS2/c1-14-4-7-18(11-20(14)24)30-13-25-29-23(30)32-12-21(31)28-17-5-8-19(9-6-17)33-22-26-15(2)10-16(3)27-22/h4-11,13H,12H2,1-3H3,(H,28,31). The molecule has 33 heavy (non-hydrogen) atoms. The van der Waals surface area contributed by atoms with Crippen LogP contribution in [-0.2, 0) is 4.79 Å². The second-order valence-corrected chi connectivity index (χ2v) is 9.70. The van der Waals surface area contributed by atoms with Gasteiger partial charge in [0.05, 0.1) is 11.4 Å². The second kappa shape index (κ2) is 10.4. The zero-order chi connectivity index (χ0) is 23.4. The van der Waals surface area contributed by atoms with Gasteiger partial charge in [-0.1, -0.05) is 29.4 Å². The van der Waals surface area contributed by atoms with Crippen LogP contribution in [0.1, 0.15) is 17.0 Å². The van der Waals surface area contributed by atoms with E-state index in [1.807, 2.05) is 73.9 Å². The molecule has 10 heteroatoms. The van der Waals surface area contributed by atoms with Crippen molar-refractivity contribution in [2.24, 2.45) is 0 Å². The fourth-order valence-corrected chi connectivity index (χ4v) is 4.78. The molecule has 1 N–H and O–H groups in total. The molecular formula is C23H21ClN6OS2. The van der Waals surface area contributed by atoms with Crippen LogP contribution in [0.15, 0.2) is 70.1 Å². The van der Waals surface area contributed by atoms with E-state index in [4.69, 9.17) is 11.6 Å². The summed E-state index contributed by atoms with van der Waals surface area (Å²) in [4.78, 5) is 22.4. The molecule has 4 aromatic rings. The maximum atomic E-state index is 12.5. The molecule has 4 rings (SSSR count). The molecule has 1 amide bonds. The van der Waals surface area contributed by atoms with Crippen LogP contribution in [0.3, 0.4) is 0 Å². The van der Waals surface area contributed by atoms with Gasteiger partial charge in [-0.3, -0.25) is 9.36 Å². The van der Waals surface area contributed by atoms with E-state index in [0.29, 0.717) is 15.3 Å². The van der Waals surface area contributed by atoms with Crippen molar-refractivity contribution in [3.63, 3.8) is 0 Å². The molecule has 0 atom stereocenters. The maximum Gasteiger partial charge on any atom is 0.234 e. The number of hydrogen-bond acceptors (Lipinski definition) is 7. The number of hydrogen-bond donors (Lipinski definition) is 1. The number of aromatic nitrogens is 5. The highest BCUT2D eigenvalue weighted by Crippen LogP contribution is 2.27. The van der Waals surface area contributed by atoms with Crippen molar-refractivity contribution >= 4 is 46.7 Å². The number of aryl methyl sites for hydroxylation is 3. The zero-order valence-electron chi connectivity index (χ0n) is 18.2. The van der Waals surface area contributed by atoms with Gasteiger partial charge in [-0.05, 0) is 80.6 Å². The quantitative estimate of drug-likeness (QED) is 0.266. The fourth-order valence-electron chi connectivity index (χ4n) is 3.01. The van der Waals surface area contributed by atoms with Crippen LogP contribution in [0.2, 0.25) is 5.02 Å². The smallest absolute Gasteiger partial charge is 0.234 e. The number of amides is 1. The van der Waals surface area contributed by atoms with E-state index in [1.165, 1.54) is 23.5 Å². The van der Waals surface area contributed by atoms with Gasteiger partial charge in [0.2, 0.25) is 5.91 Å². The number of carbonyl (C=O) groups is 1. The van der Waals surface area contributed by atoms with E-state index in [1.54, 1.807) is 6.33 Å². The molecule has 0 spiro atoms. The first-order valence-corrected chi connectivity index (χ1v) is 12.2. The summed E-state index contributed by atoms with van der Waals surface area (Å²) in [6.45, 7) is 5.85. The Hall–Kier alpha value is -2.88. The van der Waals surface area contributed by atoms with E-state index in [9.17, 15) is 4.79 Å². The molecule has 0 fully saturated rings. The van der Waals surface area contributed by atoms with Gasteiger partial charge >= 0.3 is 0 Å². The lowest BCUT2D eigenvalue weighted by molar-refractivity contribution is -0.113. The largest absolute Gasteiger partial charge is 0.325 e. The van der Waals surface area contributed by atoms with Crippen LogP contribution in [0.4, 0.5) is 5.69 Å². The van der Waals surface area contributed by atoms with Crippen molar-refractivity contribution in [1.82, 2.24) is 24.7 Å². The van der Waals surface area contributed by atoms with Crippen LogP contribution in [0, 0.1) is 20.8 Å². The Labute approximate surface area is 205 Å².